The van der Waals surface area contributed by atoms with Gasteiger partial charge in [0.2, 0.25) is 5.91 Å². The van der Waals surface area contributed by atoms with Crippen LogP contribution >= 0.6 is 23.1 Å². The summed E-state index contributed by atoms with van der Waals surface area (Å²) in [5.74, 6) is 0.964. The minimum Gasteiger partial charge on any atom is -0.389 e. The molecule has 4 N–H and O–H groups in total. The molecule has 1 aromatic carbocycles. The third kappa shape index (κ3) is 5.67. The number of nitriles is 1. The van der Waals surface area contributed by atoms with Crippen LogP contribution in [0.4, 0.5) is 10.9 Å². The molecule has 42 heavy (non-hydrogen) atoms. The second-order valence-corrected chi connectivity index (χ2v) is 13.8. The predicted octanol–water partition coefficient (Wildman–Crippen LogP) is 2.59. The van der Waals surface area contributed by atoms with Crippen LogP contribution in [0, 0.1) is 23.7 Å². The first-order valence-corrected chi connectivity index (χ1v) is 16.0. The highest BCUT2D eigenvalue weighted by Crippen LogP contribution is 2.42. The van der Waals surface area contributed by atoms with Crippen LogP contribution in [0.3, 0.4) is 0 Å². The Kier molecular flexibility index (Phi) is 8.03. The Bertz CT molecular complexity index is 1490. The lowest BCUT2D eigenvalue weighted by atomic mass is 9.79. The van der Waals surface area contributed by atoms with Crippen LogP contribution in [-0.4, -0.2) is 105 Å². The number of hydrogen-bond donors (Lipinski definition) is 3. The molecule has 1 unspecified atom stereocenters. The molecule has 3 aliphatic rings. The number of hydrogen-bond acceptors (Lipinski definition) is 11. The van der Waals surface area contributed by atoms with Crippen molar-refractivity contribution in [2.45, 2.75) is 43.4 Å². The summed E-state index contributed by atoms with van der Waals surface area (Å²) in [6, 6.07) is 10.4. The smallest absolute Gasteiger partial charge is 0.236 e. The van der Waals surface area contributed by atoms with Crippen LogP contribution in [0.15, 0.2) is 29.4 Å². The summed E-state index contributed by atoms with van der Waals surface area (Å²) in [5, 5.41) is 20.7. The van der Waals surface area contributed by atoms with Gasteiger partial charge in [0.1, 0.15) is 28.0 Å². The van der Waals surface area contributed by atoms with Crippen LogP contribution in [0.5, 0.6) is 0 Å². The van der Waals surface area contributed by atoms with E-state index >= 15 is 0 Å². The van der Waals surface area contributed by atoms with Gasteiger partial charge in [-0.15, -0.1) is 0 Å². The standard InChI is InChI=1S/C29H37N9O2S2/c1-4-21-25(35(3)28-33-24(22(11-30)41-28)19-7-5-18(2)6-8-19)34-27(32-21)42-26(31)38-16-29(17-38)9-10-36(15-29)14-23(40)37-12-20(39)13-37/h5-8,20,26,39H,4,9-10,12-17,31H2,1-3H3,(H,32,34). The summed E-state index contributed by atoms with van der Waals surface area (Å²) in [6.07, 6.45) is 1.44. The zero-order chi connectivity index (χ0) is 29.6. The lowest BCUT2D eigenvalue weighted by Crippen LogP contribution is -2.62. The van der Waals surface area contributed by atoms with Crippen LogP contribution in [0.2, 0.25) is 0 Å². The summed E-state index contributed by atoms with van der Waals surface area (Å²) in [7, 11) is 1.94. The number of benzene rings is 1. The number of aromatic amines is 1. The number of thiazole rings is 1. The van der Waals surface area contributed by atoms with E-state index < -0.39 is 0 Å². The molecular formula is C29H37N9O2S2. The molecule has 13 heteroatoms. The number of likely N-dealkylation sites (tertiary alicyclic amines) is 3. The van der Waals surface area contributed by atoms with E-state index in [4.69, 9.17) is 15.7 Å². The Labute approximate surface area is 254 Å². The van der Waals surface area contributed by atoms with Gasteiger partial charge in [0.25, 0.3) is 0 Å². The maximum atomic E-state index is 12.4. The molecule has 11 nitrogen and oxygen atoms in total. The summed E-state index contributed by atoms with van der Waals surface area (Å²) < 4.78 is 0. The van der Waals surface area contributed by atoms with E-state index in [0.717, 1.165) is 71.9 Å². The zero-order valence-corrected chi connectivity index (χ0v) is 25.8. The fourth-order valence-electron chi connectivity index (χ4n) is 6.04. The number of H-pyrrole nitrogens is 1. The molecule has 0 radical (unpaired) electrons. The average molecular weight is 608 g/mol. The van der Waals surface area contributed by atoms with Gasteiger partial charge < -0.3 is 25.6 Å². The average Bonchev–Trinajstić information content (AvgIpc) is 3.67. The van der Waals surface area contributed by atoms with Crippen LogP contribution < -0.4 is 10.6 Å². The molecule has 0 aliphatic carbocycles. The monoisotopic (exact) mass is 607 g/mol. The van der Waals surface area contributed by atoms with Gasteiger partial charge in [0.15, 0.2) is 10.3 Å². The number of thioether (sulfide) groups is 1. The van der Waals surface area contributed by atoms with E-state index in [0.29, 0.717) is 30.2 Å². The Morgan fingerprint density at radius 1 is 1.31 bits per heavy atom. The third-order valence-corrected chi connectivity index (χ3v) is 10.5. The van der Waals surface area contributed by atoms with Crippen molar-refractivity contribution in [2.75, 3.05) is 57.8 Å². The quantitative estimate of drug-likeness (QED) is 0.245. The third-order valence-electron chi connectivity index (χ3n) is 8.50. The van der Waals surface area contributed by atoms with Crippen molar-refractivity contribution in [3.63, 3.8) is 0 Å². The van der Waals surface area contributed by atoms with Crippen molar-refractivity contribution >= 4 is 40.0 Å². The van der Waals surface area contributed by atoms with E-state index in [1.165, 1.54) is 23.1 Å². The SMILES string of the molecule is CCc1nc(SC(N)N2CC3(CCN(CC(=O)N4CC(O)C4)C3)C2)[nH]c1N(C)c1nc(-c2ccc(C)cc2)c(C#N)s1. The highest BCUT2D eigenvalue weighted by molar-refractivity contribution is 7.99. The number of β-amino-alcohol motifs (C(OH)–C–C–N with tert-alkyl or cyclic N) is 1. The second kappa shape index (κ2) is 11.6. The number of nitrogens with two attached hydrogens (primary N) is 1. The Morgan fingerprint density at radius 2 is 2.05 bits per heavy atom. The predicted molar refractivity (Wildman–Crippen MR) is 165 cm³/mol. The number of nitrogens with zero attached hydrogens (tertiary/aromatic N) is 7. The molecular weight excluding hydrogens is 571 g/mol. The van der Waals surface area contributed by atoms with Gasteiger partial charge in [-0.25, -0.2) is 9.97 Å². The number of carbonyl (C=O) groups is 1. The molecule has 6 rings (SSSR count). The molecule has 3 fully saturated rings. The van der Waals surface area contributed by atoms with Gasteiger partial charge in [-0.1, -0.05) is 59.9 Å². The van der Waals surface area contributed by atoms with Crippen molar-refractivity contribution in [3.05, 3.63) is 40.4 Å². The van der Waals surface area contributed by atoms with Crippen LogP contribution in [-0.2, 0) is 11.2 Å². The van der Waals surface area contributed by atoms with Crippen molar-refractivity contribution in [1.29, 1.82) is 5.26 Å². The lowest BCUT2D eigenvalue weighted by molar-refractivity contribution is -0.142. The Hall–Kier alpha value is -2.99. The lowest BCUT2D eigenvalue weighted by Gasteiger charge is -2.50. The van der Waals surface area contributed by atoms with Crippen molar-refractivity contribution in [2.24, 2.45) is 11.1 Å². The van der Waals surface area contributed by atoms with Crippen molar-refractivity contribution in [1.82, 2.24) is 29.7 Å². The van der Waals surface area contributed by atoms with Crippen LogP contribution in [0.1, 0.15) is 29.5 Å². The first-order chi connectivity index (χ1) is 20.2. The summed E-state index contributed by atoms with van der Waals surface area (Å²) in [4.78, 5) is 34.4. The van der Waals surface area contributed by atoms with Gasteiger partial charge in [0, 0.05) is 50.7 Å². The summed E-state index contributed by atoms with van der Waals surface area (Å²) in [5.41, 5.74) is 10.3. The molecule has 3 aliphatic heterocycles. The molecule has 3 aromatic rings. The second-order valence-electron chi connectivity index (χ2n) is 11.7. The van der Waals surface area contributed by atoms with Crippen LogP contribution in [0.25, 0.3) is 11.3 Å². The fraction of sp³-hybridized carbons (Fsp3) is 0.517. The number of nitrogens with one attached hydrogen (secondary N) is 1. The topological polar surface area (TPSA) is 142 Å². The van der Waals surface area contributed by atoms with E-state index in [9.17, 15) is 15.2 Å². The molecule has 1 amide bonds. The van der Waals surface area contributed by atoms with Gasteiger partial charge in [-0.2, -0.15) is 5.26 Å². The van der Waals surface area contributed by atoms with Gasteiger partial charge in [-0.05, 0) is 26.3 Å². The first kappa shape index (κ1) is 29.1. The number of aliphatic hydroxyl groups is 1. The summed E-state index contributed by atoms with van der Waals surface area (Å²) >= 11 is 2.88. The number of aryl methyl sites for hydroxylation is 2. The minimum atomic E-state index is -0.363. The van der Waals surface area contributed by atoms with Crippen molar-refractivity contribution < 1.29 is 9.90 Å². The number of rotatable bonds is 9. The maximum absolute atomic E-state index is 12.4. The van der Waals surface area contributed by atoms with Crippen molar-refractivity contribution in [3.8, 4) is 17.3 Å². The number of amides is 1. The Morgan fingerprint density at radius 3 is 2.71 bits per heavy atom. The molecule has 3 saturated heterocycles. The molecule has 1 spiro atoms. The van der Waals surface area contributed by atoms with E-state index in [-0.39, 0.29) is 22.9 Å². The molecule has 5 heterocycles. The van der Waals surface area contributed by atoms with E-state index in [2.05, 4.69) is 27.8 Å². The van der Waals surface area contributed by atoms with Gasteiger partial charge in [-0.3, -0.25) is 14.6 Å². The number of carbonyl (C=O) groups excluding carboxylic acids is 1. The molecule has 2 aromatic heterocycles. The summed E-state index contributed by atoms with van der Waals surface area (Å²) in [6.45, 7) is 9.09. The molecule has 222 valence electrons. The zero-order valence-electron chi connectivity index (χ0n) is 24.2. The van der Waals surface area contributed by atoms with Gasteiger partial charge >= 0.3 is 0 Å². The fourth-order valence-corrected chi connectivity index (χ4v) is 7.74. The molecule has 0 saturated carbocycles. The van der Waals surface area contributed by atoms with E-state index in [1.807, 2.05) is 43.1 Å². The highest BCUT2D eigenvalue weighted by Gasteiger charge is 2.49. The maximum Gasteiger partial charge on any atom is 0.236 e. The normalized spacial score (nSPS) is 19.5. The first-order valence-electron chi connectivity index (χ1n) is 14.3. The van der Waals surface area contributed by atoms with E-state index in [1.54, 1.807) is 4.90 Å². The molecule has 1 atom stereocenters. The number of anilines is 2. The minimum absolute atomic E-state index is 0.110. The Balaban J connectivity index is 1.07. The largest absolute Gasteiger partial charge is 0.389 e. The number of imidazole rings is 1. The van der Waals surface area contributed by atoms with Gasteiger partial charge in [0.05, 0.1) is 18.3 Å². The highest BCUT2D eigenvalue weighted by atomic mass is 32.2. The molecule has 0 bridgehead atoms. The number of aromatic nitrogens is 3. The number of aliphatic hydroxyl groups excluding tert-OH is 1.